The largest absolute Gasteiger partial charge is 0.317 e. The molecule has 102 valence electrons. The quantitative estimate of drug-likeness (QED) is 0.839. The summed E-state index contributed by atoms with van der Waals surface area (Å²) in [6.45, 7) is 3.36. The normalized spacial score (nSPS) is 15.4. The molecule has 0 saturated carbocycles. The van der Waals surface area contributed by atoms with Crippen LogP contribution in [0.3, 0.4) is 0 Å². The second-order valence-electron chi connectivity index (χ2n) is 4.36. The van der Waals surface area contributed by atoms with Crippen molar-refractivity contribution < 1.29 is 17.2 Å². The zero-order chi connectivity index (χ0) is 13.9. The van der Waals surface area contributed by atoms with Crippen LogP contribution in [0.15, 0.2) is 23.1 Å². The predicted molar refractivity (Wildman–Crippen MR) is 66.1 cm³/mol. The van der Waals surface area contributed by atoms with Crippen LogP contribution in [-0.4, -0.2) is 26.8 Å². The lowest BCUT2D eigenvalue weighted by molar-refractivity contribution is 0.519. The van der Waals surface area contributed by atoms with Crippen LogP contribution >= 0.6 is 0 Å². The third-order valence-corrected chi connectivity index (χ3v) is 5.10. The van der Waals surface area contributed by atoms with E-state index in [0.717, 1.165) is 12.1 Å². The predicted octanol–water partition coefficient (Wildman–Crippen LogP) is 2.12. The summed E-state index contributed by atoms with van der Waals surface area (Å²) in [7, 11) is -2.05. The molecule has 0 fully saturated rings. The minimum Gasteiger partial charge on any atom is -0.317 e. The van der Waals surface area contributed by atoms with Crippen molar-refractivity contribution in [1.82, 2.24) is 5.32 Å². The van der Waals surface area contributed by atoms with Gasteiger partial charge in [0.15, 0.2) is 9.84 Å². The van der Waals surface area contributed by atoms with Crippen molar-refractivity contribution in [2.45, 2.75) is 36.5 Å². The Balaban J connectivity index is 3.06. The second kappa shape index (κ2) is 5.75. The molecule has 18 heavy (non-hydrogen) atoms. The highest BCUT2D eigenvalue weighted by molar-refractivity contribution is 7.92. The van der Waals surface area contributed by atoms with Gasteiger partial charge in [0, 0.05) is 12.1 Å². The molecule has 0 aliphatic carbocycles. The van der Waals surface area contributed by atoms with E-state index in [1.54, 1.807) is 7.05 Å². The van der Waals surface area contributed by atoms with Gasteiger partial charge >= 0.3 is 0 Å². The van der Waals surface area contributed by atoms with Gasteiger partial charge in [-0.2, -0.15) is 0 Å². The van der Waals surface area contributed by atoms with E-state index in [2.05, 4.69) is 5.32 Å². The molecular formula is C12H17F2NO2S. The van der Waals surface area contributed by atoms with Crippen LogP contribution in [-0.2, 0) is 9.84 Å². The maximum absolute atomic E-state index is 13.5. The molecule has 0 radical (unpaired) electrons. The zero-order valence-electron chi connectivity index (χ0n) is 10.6. The van der Waals surface area contributed by atoms with Crippen molar-refractivity contribution in [2.75, 3.05) is 7.05 Å². The van der Waals surface area contributed by atoms with E-state index in [9.17, 15) is 17.2 Å². The van der Waals surface area contributed by atoms with E-state index in [1.807, 2.05) is 6.92 Å². The smallest absolute Gasteiger partial charge is 0.183 e. The first kappa shape index (κ1) is 15.0. The average Bonchev–Trinajstić information content (AvgIpc) is 2.28. The first-order chi connectivity index (χ1) is 8.28. The van der Waals surface area contributed by atoms with Gasteiger partial charge in [0.1, 0.15) is 16.5 Å². The van der Waals surface area contributed by atoms with E-state index < -0.39 is 31.6 Å². The van der Waals surface area contributed by atoms with Gasteiger partial charge in [-0.1, -0.05) is 0 Å². The summed E-state index contributed by atoms with van der Waals surface area (Å²) in [6, 6.07) is 2.50. The minimum atomic E-state index is -3.77. The van der Waals surface area contributed by atoms with Gasteiger partial charge < -0.3 is 5.32 Å². The Kier molecular flexibility index (Phi) is 4.81. The van der Waals surface area contributed by atoms with Crippen LogP contribution in [0.5, 0.6) is 0 Å². The van der Waals surface area contributed by atoms with E-state index >= 15 is 0 Å². The third kappa shape index (κ3) is 3.26. The lowest BCUT2D eigenvalue weighted by Gasteiger charge is -2.17. The van der Waals surface area contributed by atoms with Crippen LogP contribution in [0.2, 0.25) is 0 Å². The number of rotatable bonds is 5. The Bertz CT molecular complexity index is 517. The summed E-state index contributed by atoms with van der Waals surface area (Å²) in [5, 5.41) is 2.19. The average molecular weight is 277 g/mol. The number of benzene rings is 1. The van der Waals surface area contributed by atoms with Crippen molar-refractivity contribution in [3.8, 4) is 0 Å². The highest BCUT2D eigenvalue weighted by Crippen LogP contribution is 2.22. The molecule has 1 aromatic rings. The summed E-state index contributed by atoms with van der Waals surface area (Å²) < 4.78 is 50.5. The molecule has 3 nitrogen and oxygen atoms in total. The lowest BCUT2D eigenvalue weighted by atomic mass is 10.2. The number of sulfone groups is 1. The van der Waals surface area contributed by atoms with Gasteiger partial charge in [0.05, 0.1) is 5.25 Å². The second-order valence-corrected chi connectivity index (χ2v) is 6.69. The molecule has 2 atom stereocenters. The van der Waals surface area contributed by atoms with E-state index in [1.165, 1.54) is 6.92 Å². The zero-order valence-corrected chi connectivity index (χ0v) is 11.4. The first-order valence-electron chi connectivity index (χ1n) is 5.65. The fourth-order valence-corrected chi connectivity index (χ4v) is 3.23. The van der Waals surface area contributed by atoms with Gasteiger partial charge in [-0.3, -0.25) is 0 Å². The molecule has 0 amide bonds. The van der Waals surface area contributed by atoms with Crippen LogP contribution in [0.4, 0.5) is 8.78 Å². The molecule has 0 aliphatic rings. The first-order valence-corrected chi connectivity index (χ1v) is 7.20. The summed E-state index contributed by atoms with van der Waals surface area (Å²) in [6.07, 6.45) is 0.357. The van der Waals surface area contributed by atoms with E-state index in [0.29, 0.717) is 12.5 Å². The third-order valence-electron chi connectivity index (χ3n) is 2.91. The standard InChI is InChI=1S/C12H17F2NO2S/c1-8(15-3)6-9(2)18(16,17)12-5-4-10(13)7-11(12)14/h4-5,7-9,15H,6H2,1-3H3. The molecule has 0 heterocycles. The van der Waals surface area contributed by atoms with Gasteiger partial charge in [-0.05, 0) is 39.4 Å². The molecule has 0 bridgehead atoms. The summed E-state index contributed by atoms with van der Waals surface area (Å²) in [5.74, 6) is -1.83. The van der Waals surface area contributed by atoms with Crippen molar-refractivity contribution >= 4 is 9.84 Å². The molecule has 6 heteroatoms. The number of hydrogen-bond acceptors (Lipinski definition) is 3. The molecule has 0 aliphatic heterocycles. The van der Waals surface area contributed by atoms with Gasteiger partial charge in [-0.15, -0.1) is 0 Å². The molecule has 0 aromatic heterocycles. The van der Waals surface area contributed by atoms with Crippen LogP contribution in [0, 0.1) is 11.6 Å². The van der Waals surface area contributed by atoms with E-state index in [4.69, 9.17) is 0 Å². The van der Waals surface area contributed by atoms with Crippen molar-refractivity contribution in [3.05, 3.63) is 29.8 Å². The molecule has 0 spiro atoms. The van der Waals surface area contributed by atoms with Gasteiger partial charge in [-0.25, -0.2) is 17.2 Å². The summed E-state index contributed by atoms with van der Waals surface area (Å²) >= 11 is 0. The maximum atomic E-state index is 13.5. The Morgan fingerprint density at radius 1 is 1.28 bits per heavy atom. The fraction of sp³-hybridized carbons (Fsp3) is 0.500. The number of halogens is 2. The topological polar surface area (TPSA) is 46.2 Å². The van der Waals surface area contributed by atoms with Gasteiger partial charge in [0.25, 0.3) is 0 Å². The Labute approximate surface area is 106 Å². The molecule has 1 N–H and O–H groups in total. The van der Waals surface area contributed by atoms with Crippen molar-refractivity contribution in [3.63, 3.8) is 0 Å². The fourth-order valence-electron chi connectivity index (χ4n) is 1.67. The number of nitrogens with one attached hydrogen (secondary N) is 1. The maximum Gasteiger partial charge on any atom is 0.183 e. The number of hydrogen-bond donors (Lipinski definition) is 1. The summed E-state index contributed by atoms with van der Waals surface area (Å²) in [5.41, 5.74) is 0. The Morgan fingerprint density at radius 3 is 2.39 bits per heavy atom. The van der Waals surface area contributed by atoms with Crippen LogP contribution in [0.1, 0.15) is 20.3 Å². The molecule has 2 unspecified atom stereocenters. The van der Waals surface area contributed by atoms with Crippen LogP contribution in [0.25, 0.3) is 0 Å². The van der Waals surface area contributed by atoms with Crippen molar-refractivity contribution in [1.29, 1.82) is 0 Å². The Hall–Kier alpha value is -1.01. The minimum absolute atomic E-state index is 0.00159. The molecular weight excluding hydrogens is 260 g/mol. The molecule has 1 aromatic carbocycles. The summed E-state index contributed by atoms with van der Waals surface area (Å²) in [4.78, 5) is -0.445. The van der Waals surface area contributed by atoms with Crippen LogP contribution < -0.4 is 5.32 Å². The van der Waals surface area contributed by atoms with Gasteiger partial charge in [0.2, 0.25) is 0 Å². The highest BCUT2D eigenvalue weighted by Gasteiger charge is 2.27. The highest BCUT2D eigenvalue weighted by atomic mass is 32.2. The Morgan fingerprint density at radius 2 is 1.89 bits per heavy atom. The van der Waals surface area contributed by atoms with Crippen molar-refractivity contribution in [2.24, 2.45) is 0 Å². The molecule has 0 saturated heterocycles. The lowest BCUT2D eigenvalue weighted by Crippen LogP contribution is -2.30. The molecule has 1 rings (SSSR count). The SMILES string of the molecule is CNC(C)CC(C)S(=O)(=O)c1ccc(F)cc1F. The monoisotopic (exact) mass is 277 g/mol. The van der Waals surface area contributed by atoms with E-state index in [-0.39, 0.29) is 6.04 Å².